The average Bonchev–Trinajstić information content (AvgIpc) is 3.17. The van der Waals surface area contributed by atoms with E-state index in [0.717, 1.165) is 63.1 Å². The van der Waals surface area contributed by atoms with Gasteiger partial charge in [-0.25, -0.2) is 0 Å². The van der Waals surface area contributed by atoms with Gasteiger partial charge < -0.3 is 9.64 Å². The minimum absolute atomic E-state index is 0.175. The Morgan fingerprint density at radius 1 is 1.36 bits per heavy atom. The van der Waals surface area contributed by atoms with Crippen LogP contribution in [0.5, 0.6) is 0 Å². The van der Waals surface area contributed by atoms with Crippen LogP contribution < -0.4 is 0 Å². The van der Waals surface area contributed by atoms with Gasteiger partial charge in [-0.1, -0.05) is 13.0 Å². The molecule has 0 bridgehead atoms. The van der Waals surface area contributed by atoms with Gasteiger partial charge in [0.1, 0.15) is 0 Å². The molecule has 0 radical (unpaired) electrons. The van der Waals surface area contributed by atoms with Crippen molar-refractivity contribution < 1.29 is 9.53 Å². The Kier molecular flexibility index (Phi) is 6.09. The molecular weight excluding hydrogens is 370 g/mol. The smallest absolute Gasteiger partial charge is 0.255 e. The minimum atomic E-state index is 0.175. The third-order valence-corrected chi connectivity index (χ3v) is 6.95. The van der Waals surface area contributed by atoms with Crippen LogP contribution >= 0.6 is 11.3 Å². The Labute approximate surface area is 171 Å². The zero-order valence-electron chi connectivity index (χ0n) is 16.8. The maximum Gasteiger partial charge on any atom is 0.255 e. The van der Waals surface area contributed by atoms with Crippen LogP contribution in [0.25, 0.3) is 0 Å². The summed E-state index contributed by atoms with van der Waals surface area (Å²) in [6.07, 6.45) is 6.19. The number of amides is 1. The molecule has 2 aromatic rings. The van der Waals surface area contributed by atoms with Crippen LogP contribution in [0.3, 0.4) is 0 Å². The molecule has 0 unspecified atom stereocenters. The van der Waals surface area contributed by atoms with Gasteiger partial charge in [0.2, 0.25) is 0 Å². The molecule has 4 rings (SSSR count). The van der Waals surface area contributed by atoms with Gasteiger partial charge in [0.05, 0.1) is 17.4 Å². The van der Waals surface area contributed by atoms with Gasteiger partial charge in [0.15, 0.2) is 0 Å². The number of carbonyl (C=O) groups is 1. The van der Waals surface area contributed by atoms with Crippen molar-refractivity contribution in [1.29, 1.82) is 0 Å². The molecule has 150 valence electrons. The first kappa shape index (κ1) is 19.6. The van der Waals surface area contributed by atoms with E-state index in [1.165, 1.54) is 16.0 Å². The van der Waals surface area contributed by atoms with Crippen LogP contribution in [0.4, 0.5) is 0 Å². The number of pyridine rings is 1. The van der Waals surface area contributed by atoms with Gasteiger partial charge in [0.25, 0.3) is 5.91 Å². The molecule has 1 amide bonds. The summed E-state index contributed by atoms with van der Waals surface area (Å²) in [7, 11) is 1.74. The summed E-state index contributed by atoms with van der Waals surface area (Å²) in [5.41, 5.74) is 4.58. The summed E-state index contributed by atoms with van der Waals surface area (Å²) in [4.78, 5) is 23.4. The first-order valence-corrected chi connectivity index (χ1v) is 11.1. The number of hydrogen-bond donors (Lipinski definition) is 0. The van der Waals surface area contributed by atoms with Crippen molar-refractivity contribution >= 4 is 17.2 Å². The number of aromatic nitrogens is 1. The second-order valence-corrected chi connectivity index (χ2v) is 8.74. The predicted octanol–water partition coefficient (Wildman–Crippen LogP) is 3.51. The molecule has 2 aliphatic rings. The topological polar surface area (TPSA) is 45.7 Å². The number of ether oxygens (including phenoxy) is 1. The summed E-state index contributed by atoms with van der Waals surface area (Å²) in [6, 6.07) is 4.31. The number of nitrogens with zero attached hydrogens (tertiary/aromatic N) is 3. The molecule has 0 aromatic carbocycles. The van der Waals surface area contributed by atoms with Crippen molar-refractivity contribution in [2.24, 2.45) is 0 Å². The molecule has 0 N–H and O–H groups in total. The number of rotatable bonds is 5. The minimum Gasteiger partial charge on any atom is -0.380 e. The third-order valence-electron chi connectivity index (χ3n) is 5.93. The number of likely N-dealkylation sites (tertiary alicyclic amines) is 1. The number of fused-ring (bicyclic) bond motifs is 1. The largest absolute Gasteiger partial charge is 0.380 e. The van der Waals surface area contributed by atoms with E-state index in [1.807, 2.05) is 11.1 Å². The van der Waals surface area contributed by atoms with Crippen LogP contribution in [0.1, 0.15) is 51.8 Å². The highest BCUT2D eigenvalue weighted by Gasteiger charge is 2.29. The van der Waals surface area contributed by atoms with E-state index in [4.69, 9.17) is 4.74 Å². The monoisotopic (exact) mass is 399 g/mol. The molecule has 1 fully saturated rings. The van der Waals surface area contributed by atoms with Crippen molar-refractivity contribution in [3.05, 3.63) is 51.0 Å². The standard InChI is InChI=1S/C22H29N3O2S/c1-3-16-6-7-17(23-11-16)12-24-10-8-19-20(15-28-21(19)14-24)22(26)25-9-4-5-18(13-25)27-2/h6-7,11,15,18H,3-5,8-10,12-14H2,1-2H3/t18-/m1/s1. The summed E-state index contributed by atoms with van der Waals surface area (Å²) in [5, 5.41) is 2.07. The molecule has 28 heavy (non-hydrogen) atoms. The lowest BCUT2D eigenvalue weighted by molar-refractivity contribution is 0.0268. The molecule has 5 nitrogen and oxygen atoms in total. The van der Waals surface area contributed by atoms with Crippen molar-refractivity contribution in [2.75, 3.05) is 26.7 Å². The fourth-order valence-corrected chi connectivity index (χ4v) is 5.28. The Morgan fingerprint density at radius 3 is 3.00 bits per heavy atom. The maximum absolute atomic E-state index is 13.1. The van der Waals surface area contributed by atoms with E-state index in [-0.39, 0.29) is 12.0 Å². The molecule has 0 saturated carbocycles. The third kappa shape index (κ3) is 4.14. The first-order valence-electron chi connectivity index (χ1n) is 10.3. The lowest BCUT2D eigenvalue weighted by atomic mass is 10.0. The summed E-state index contributed by atoms with van der Waals surface area (Å²) in [5.74, 6) is 0.185. The second-order valence-electron chi connectivity index (χ2n) is 7.77. The lowest BCUT2D eigenvalue weighted by Crippen LogP contribution is -2.43. The van der Waals surface area contributed by atoms with Crippen LogP contribution in [0.15, 0.2) is 23.7 Å². The van der Waals surface area contributed by atoms with Crippen LogP contribution in [0, 0.1) is 0 Å². The van der Waals surface area contributed by atoms with E-state index in [2.05, 4.69) is 34.3 Å². The predicted molar refractivity (Wildman–Crippen MR) is 112 cm³/mol. The highest BCUT2D eigenvalue weighted by molar-refractivity contribution is 7.10. The normalized spacial score (nSPS) is 20.2. The molecule has 0 spiro atoms. The van der Waals surface area contributed by atoms with Crippen molar-refractivity contribution in [1.82, 2.24) is 14.8 Å². The van der Waals surface area contributed by atoms with Gasteiger partial charge in [-0.3, -0.25) is 14.7 Å². The highest BCUT2D eigenvalue weighted by Crippen LogP contribution is 2.31. The van der Waals surface area contributed by atoms with Crippen LogP contribution in [0.2, 0.25) is 0 Å². The van der Waals surface area contributed by atoms with Gasteiger partial charge in [-0.15, -0.1) is 11.3 Å². The van der Waals surface area contributed by atoms with E-state index < -0.39 is 0 Å². The molecule has 4 heterocycles. The zero-order chi connectivity index (χ0) is 19.5. The molecule has 1 atom stereocenters. The van der Waals surface area contributed by atoms with Crippen molar-refractivity contribution in [3.8, 4) is 0 Å². The lowest BCUT2D eigenvalue weighted by Gasteiger charge is -2.32. The Bertz CT molecular complexity index is 818. The van der Waals surface area contributed by atoms with Gasteiger partial charge >= 0.3 is 0 Å². The Hall–Kier alpha value is -1.76. The SMILES string of the molecule is CCc1ccc(CN2CCc3c(C(=O)N4CCC[C@@H](OC)C4)csc3C2)nc1. The number of aryl methyl sites for hydroxylation is 1. The number of hydrogen-bond acceptors (Lipinski definition) is 5. The first-order chi connectivity index (χ1) is 13.7. The van der Waals surface area contributed by atoms with Gasteiger partial charge in [0, 0.05) is 56.3 Å². The fourth-order valence-electron chi connectivity index (χ4n) is 4.17. The molecular formula is C22H29N3O2S. The van der Waals surface area contributed by atoms with Crippen LogP contribution in [-0.2, 0) is 30.7 Å². The molecule has 6 heteroatoms. The summed E-state index contributed by atoms with van der Waals surface area (Å²) < 4.78 is 5.48. The van der Waals surface area contributed by atoms with Gasteiger partial charge in [-0.2, -0.15) is 0 Å². The summed E-state index contributed by atoms with van der Waals surface area (Å²) >= 11 is 1.73. The number of methoxy groups -OCH3 is 1. The summed E-state index contributed by atoms with van der Waals surface area (Å²) in [6.45, 7) is 6.46. The number of thiophene rings is 1. The molecule has 1 saturated heterocycles. The number of piperidine rings is 1. The van der Waals surface area contributed by atoms with E-state index in [1.54, 1.807) is 18.4 Å². The average molecular weight is 400 g/mol. The second kappa shape index (κ2) is 8.72. The number of carbonyl (C=O) groups excluding carboxylic acids is 1. The fraction of sp³-hybridized carbons (Fsp3) is 0.545. The zero-order valence-corrected chi connectivity index (χ0v) is 17.6. The molecule has 2 aromatic heterocycles. The van der Waals surface area contributed by atoms with Crippen molar-refractivity contribution in [2.45, 2.75) is 51.8 Å². The molecule has 0 aliphatic carbocycles. The highest BCUT2D eigenvalue weighted by atomic mass is 32.1. The van der Waals surface area contributed by atoms with E-state index in [9.17, 15) is 4.79 Å². The maximum atomic E-state index is 13.1. The van der Waals surface area contributed by atoms with Crippen molar-refractivity contribution in [3.63, 3.8) is 0 Å². The quantitative estimate of drug-likeness (QED) is 0.772. The Morgan fingerprint density at radius 2 is 2.25 bits per heavy atom. The molecule has 2 aliphatic heterocycles. The van der Waals surface area contributed by atoms with E-state index in [0.29, 0.717) is 6.54 Å². The van der Waals surface area contributed by atoms with E-state index >= 15 is 0 Å². The van der Waals surface area contributed by atoms with Gasteiger partial charge in [-0.05, 0) is 42.9 Å². The Balaban J connectivity index is 1.42. The van der Waals surface area contributed by atoms with Crippen LogP contribution in [-0.4, -0.2) is 53.5 Å².